The van der Waals surface area contributed by atoms with Gasteiger partial charge in [-0.25, -0.2) is 4.68 Å². The zero-order valence-electron chi connectivity index (χ0n) is 14.2. The maximum Gasteiger partial charge on any atom is 0.303 e. The van der Waals surface area contributed by atoms with Gasteiger partial charge in [-0.15, -0.1) is 0 Å². The number of rotatable bonds is 5. The molecular weight excluding hydrogens is 370 g/mol. The van der Waals surface area contributed by atoms with E-state index in [1.165, 1.54) is 20.8 Å². The minimum absolute atomic E-state index is 0.0886. The number of hydrogen-bond donors (Lipinski definition) is 1. The van der Waals surface area contributed by atoms with Gasteiger partial charge in [0.05, 0.1) is 0 Å². The second-order valence-electron chi connectivity index (χ2n) is 5.40. The number of carbonyl (C=O) groups is 3. The summed E-state index contributed by atoms with van der Waals surface area (Å²) in [5, 5.41) is 3.86. The van der Waals surface area contributed by atoms with Crippen molar-refractivity contribution >= 4 is 30.1 Å². The average Bonchev–Trinajstić information content (AvgIpc) is 2.82. The number of ether oxygens (including phenoxy) is 4. The molecule has 0 bridgehead atoms. The molecule has 0 amide bonds. The van der Waals surface area contributed by atoms with Gasteiger partial charge in [-0.2, -0.15) is 5.10 Å². The van der Waals surface area contributed by atoms with Crippen LogP contribution >= 0.6 is 12.2 Å². The number of carbonyl (C=O) groups excluding carboxylic acids is 3. The van der Waals surface area contributed by atoms with E-state index in [4.69, 9.17) is 31.2 Å². The number of nitrogens with zero attached hydrogens (tertiary/aromatic N) is 2. The van der Waals surface area contributed by atoms with Gasteiger partial charge in [0.25, 0.3) is 5.56 Å². The summed E-state index contributed by atoms with van der Waals surface area (Å²) in [7, 11) is 0. The first-order chi connectivity index (χ1) is 12.2. The van der Waals surface area contributed by atoms with Gasteiger partial charge in [-0.05, 0) is 12.2 Å². The smallest absolute Gasteiger partial charge is 0.303 e. The van der Waals surface area contributed by atoms with Crippen molar-refractivity contribution in [3.05, 3.63) is 21.3 Å². The molecule has 0 aliphatic carbocycles. The van der Waals surface area contributed by atoms with Gasteiger partial charge < -0.3 is 18.9 Å². The zero-order chi connectivity index (χ0) is 19.4. The molecule has 0 unspecified atom stereocenters. The fourth-order valence-electron chi connectivity index (χ4n) is 2.43. The van der Waals surface area contributed by atoms with Crippen molar-refractivity contribution in [1.82, 2.24) is 14.8 Å². The van der Waals surface area contributed by atoms with Gasteiger partial charge in [-0.1, -0.05) is 0 Å². The molecule has 12 heteroatoms. The van der Waals surface area contributed by atoms with Gasteiger partial charge in [0.2, 0.25) is 0 Å². The number of H-pyrrole nitrogens is 1. The standard InChI is InChI=1S/C14H17N3O8S/c1-6(18)22-5-9-11(23-7(2)19)12(24-8(3)20)13(25-9)17-14(26)16-10(21)4-15-17/h4,9,11-13H,5H2,1-3H3,(H,16,21,26)/t9-,11-,12+,13-/m1/s1. The van der Waals surface area contributed by atoms with Crippen LogP contribution in [0.25, 0.3) is 0 Å². The number of hydrogen-bond acceptors (Lipinski definition) is 10. The Morgan fingerprint density at radius 3 is 2.35 bits per heavy atom. The highest BCUT2D eigenvalue weighted by Crippen LogP contribution is 2.33. The Kier molecular flexibility index (Phi) is 6.21. The van der Waals surface area contributed by atoms with E-state index in [9.17, 15) is 19.2 Å². The van der Waals surface area contributed by atoms with E-state index in [0.29, 0.717) is 0 Å². The number of aromatic nitrogens is 3. The highest BCUT2D eigenvalue weighted by atomic mass is 32.1. The molecule has 0 aromatic carbocycles. The first-order valence-electron chi connectivity index (χ1n) is 7.50. The summed E-state index contributed by atoms with van der Waals surface area (Å²) in [5.41, 5.74) is -0.527. The molecule has 1 saturated heterocycles. The summed E-state index contributed by atoms with van der Waals surface area (Å²) in [6.45, 7) is 3.29. The lowest BCUT2D eigenvalue weighted by atomic mass is 10.1. The Morgan fingerprint density at radius 2 is 1.81 bits per heavy atom. The van der Waals surface area contributed by atoms with E-state index in [2.05, 4.69) is 10.1 Å². The van der Waals surface area contributed by atoms with Crippen molar-refractivity contribution in [3.63, 3.8) is 0 Å². The van der Waals surface area contributed by atoms with E-state index in [-0.39, 0.29) is 11.4 Å². The summed E-state index contributed by atoms with van der Waals surface area (Å²) in [6, 6.07) is 0. The average molecular weight is 387 g/mol. The SMILES string of the molecule is CC(=O)OC[C@H]1O[C@@H](n2ncc(=O)[nH]c2=S)[C@@H](OC(C)=O)[C@@H]1OC(C)=O. The van der Waals surface area contributed by atoms with Crippen LogP contribution in [-0.4, -0.2) is 57.6 Å². The maximum absolute atomic E-state index is 11.5. The molecule has 142 valence electrons. The van der Waals surface area contributed by atoms with E-state index in [1.54, 1.807) is 0 Å². The summed E-state index contributed by atoms with van der Waals surface area (Å²) in [4.78, 5) is 47.7. The van der Waals surface area contributed by atoms with Gasteiger partial charge >= 0.3 is 17.9 Å². The summed E-state index contributed by atoms with van der Waals surface area (Å²) < 4.78 is 22.1. The van der Waals surface area contributed by atoms with Crippen LogP contribution in [0.15, 0.2) is 11.0 Å². The first-order valence-corrected chi connectivity index (χ1v) is 7.91. The third-order valence-electron chi connectivity index (χ3n) is 3.32. The molecule has 1 N–H and O–H groups in total. The molecule has 0 radical (unpaired) electrons. The van der Waals surface area contributed by atoms with Crippen molar-refractivity contribution in [2.45, 2.75) is 45.3 Å². The normalized spacial score (nSPS) is 24.7. The zero-order valence-corrected chi connectivity index (χ0v) is 15.0. The predicted molar refractivity (Wildman–Crippen MR) is 85.3 cm³/mol. The Hall–Kier alpha value is -2.60. The summed E-state index contributed by atoms with van der Waals surface area (Å²) in [6.07, 6.45) is -3.27. The molecular formula is C14H17N3O8S. The van der Waals surface area contributed by atoms with Crippen molar-refractivity contribution in [2.75, 3.05) is 6.61 Å². The van der Waals surface area contributed by atoms with Crippen LogP contribution in [0.4, 0.5) is 0 Å². The van der Waals surface area contributed by atoms with E-state index >= 15 is 0 Å². The van der Waals surface area contributed by atoms with Crippen molar-refractivity contribution in [3.8, 4) is 0 Å². The molecule has 1 aromatic heterocycles. The fourth-order valence-corrected chi connectivity index (χ4v) is 2.68. The third kappa shape index (κ3) is 4.73. The van der Waals surface area contributed by atoms with Crippen LogP contribution in [-0.2, 0) is 33.3 Å². The highest BCUT2D eigenvalue weighted by molar-refractivity contribution is 7.71. The second-order valence-corrected chi connectivity index (χ2v) is 5.79. The van der Waals surface area contributed by atoms with E-state index in [0.717, 1.165) is 10.9 Å². The van der Waals surface area contributed by atoms with Crippen molar-refractivity contribution in [1.29, 1.82) is 0 Å². The molecule has 1 fully saturated rings. The van der Waals surface area contributed by atoms with Gasteiger partial charge in [-0.3, -0.25) is 24.2 Å². The van der Waals surface area contributed by atoms with Crippen LogP contribution in [0, 0.1) is 4.77 Å². The molecule has 2 rings (SSSR count). The molecule has 11 nitrogen and oxygen atoms in total. The maximum atomic E-state index is 11.5. The molecule has 4 atom stereocenters. The summed E-state index contributed by atoms with van der Waals surface area (Å²) in [5.74, 6) is -1.88. The minimum Gasteiger partial charge on any atom is -0.463 e. The fraction of sp³-hybridized carbons (Fsp3) is 0.571. The van der Waals surface area contributed by atoms with Crippen LogP contribution < -0.4 is 5.56 Å². The predicted octanol–water partition coefficient (Wildman–Crippen LogP) is -0.375. The number of aromatic amines is 1. The topological polar surface area (TPSA) is 139 Å². The Labute approximate surface area is 152 Å². The number of nitrogens with one attached hydrogen (secondary N) is 1. The molecule has 1 aliphatic rings. The molecule has 1 aromatic rings. The third-order valence-corrected chi connectivity index (χ3v) is 3.61. The van der Waals surface area contributed by atoms with Crippen LogP contribution in [0.3, 0.4) is 0 Å². The van der Waals surface area contributed by atoms with Crippen LogP contribution in [0.1, 0.15) is 27.0 Å². The van der Waals surface area contributed by atoms with Crippen molar-refractivity contribution in [2.24, 2.45) is 0 Å². The lowest BCUT2D eigenvalue weighted by Crippen LogP contribution is -2.41. The molecule has 0 spiro atoms. The molecule has 2 heterocycles. The Morgan fingerprint density at radius 1 is 1.19 bits per heavy atom. The largest absolute Gasteiger partial charge is 0.463 e. The van der Waals surface area contributed by atoms with Gasteiger partial charge in [0, 0.05) is 20.8 Å². The van der Waals surface area contributed by atoms with Gasteiger partial charge in [0.15, 0.2) is 23.2 Å². The molecule has 0 saturated carbocycles. The summed E-state index contributed by atoms with van der Waals surface area (Å²) >= 11 is 5.05. The first kappa shape index (κ1) is 19.7. The van der Waals surface area contributed by atoms with Crippen molar-refractivity contribution < 1.29 is 33.3 Å². The second kappa shape index (κ2) is 8.19. The molecule has 1 aliphatic heterocycles. The number of esters is 3. The minimum atomic E-state index is -1.12. The Balaban J connectivity index is 2.41. The lowest BCUT2D eigenvalue weighted by Gasteiger charge is -2.23. The van der Waals surface area contributed by atoms with Crippen LogP contribution in [0.5, 0.6) is 0 Å². The van der Waals surface area contributed by atoms with E-state index in [1.807, 2.05) is 0 Å². The monoisotopic (exact) mass is 387 g/mol. The lowest BCUT2D eigenvalue weighted by molar-refractivity contribution is -0.166. The van der Waals surface area contributed by atoms with Gasteiger partial charge in [0.1, 0.15) is 18.9 Å². The van der Waals surface area contributed by atoms with E-state index < -0.39 is 48.0 Å². The van der Waals surface area contributed by atoms with Crippen LogP contribution in [0.2, 0.25) is 0 Å². The Bertz CT molecular complexity index is 819. The highest BCUT2D eigenvalue weighted by Gasteiger charge is 2.51. The molecule has 26 heavy (non-hydrogen) atoms. The quantitative estimate of drug-likeness (QED) is 0.404.